The first-order valence-corrected chi connectivity index (χ1v) is 5.49. The minimum absolute atomic E-state index is 0.359. The summed E-state index contributed by atoms with van der Waals surface area (Å²) < 4.78 is 5.56. The Hall–Kier alpha value is -0.890. The number of thiocarbonyl (C=S) groups is 1. The highest BCUT2D eigenvalue weighted by atomic mass is 32.1. The van der Waals surface area contributed by atoms with Gasteiger partial charge in [-0.3, -0.25) is 0 Å². The van der Waals surface area contributed by atoms with Crippen LogP contribution >= 0.6 is 12.2 Å². The van der Waals surface area contributed by atoms with E-state index in [4.69, 9.17) is 17.0 Å². The summed E-state index contributed by atoms with van der Waals surface area (Å²) in [7, 11) is 0. The van der Waals surface area contributed by atoms with Gasteiger partial charge in [-0.15, -0.1) is 0 Å². The van der Waals surface area contributed by atoms with Crippen molar-refractivity contribution in [1.29, 1.82) is 0 Å². The second-order valence-electron chi connectivity index (χ2n) is 3.74. The van der Waals surface area contributed by atoms with Crippen molar-refractivity contribution < 1.29 is 4.74 Å². The van der Waals surface area contributed by atoms with E-state index in [1.54, 1.807) is 0 Å². The summed E-state index contributed by atoms with van der Waals surface area (Å²) in [5.41, 5.74) is 2.63. The zero-order chi connectivity index (χ0) is 9.97. The molecule has 0 spiro atoms. The van der Waals surface area contributed by atoms with Crippen LogP contribution in [0.3, 0.4) is 0 Å². The molecule has 74 valence electrons. The molecule has 0 saturated carbocycles. The maximum atomic E-state index is 5.56. The third-order valence-corrected chi connectivity index (χ3v) is 3.07. The first kappa shape index (κ1) is 9.66. The van der Waals surface area contributed by atoms with Gasteiger partial charge in [-0.2, -0.15) is 0 Å². The fraction of sp³-hybridized carbons (Fsp3) is 0.417. The summed E-state index contributed by atoms with van der Waals surface area (Å²) in [6.45, 7) is 2.98. The van der Waals surface area contributed by atoms with Crippen LogP contribution in [0.1, 0.15) is 30.4 Å². The summed E-state index contributed by atoms with van der Waals surface area (Å²) in [5.74, 6) is 1.41. The van der Waals surface area contributed by atoms with Crippen LogP contribution in [0.2, 0.25) is 0 Å². The third kappa shape index (κ3) is 1.80. The molecule has 1 aromatic rings. The molecule has 0 saturated heterocycles. The second kappa shape index (κ2) is 4.09. The molecule has 2 heteroatoms. The predicted octanol–water partition coefficient (Wildman–Crippen LogP) is 3.11. The van der Waals surface area contributed by atoms with Crippen LogP contribution < -0.4 is 4.74 Å². The standard InChI is InChI=1S/C12H14OS/c1-9(8-14)10-4-5-12-11(7-10)3-2-6-13-12/h4-5,7-9H,2-3,6H2,1H3. The Balaban J connectivity index is 2.33. The molecular weight excluding hydrogens is 192 g/mol. The molecule has 0 aliphatic carbocycles. The van der Waals surface area contributed by atoms with Gasteiger partial charge in [0.15, 0.2) is 0 Å². The average Bonchev–Trinajstić information content (AvgIpc) is 2.27. The number of rotatable bonds is 2. The van der Waals surface area contributed by atoms with Gasteiger partial charge in [0.2, 0.25) is 0 Å². The van der Waals surface area contributed by atoms with Crippen molar-refractivity contribution in [3.63, 3.8) is 0 Å². The van der Waals surface area contributed by atoms with Gasteiger partial charge in [0.05, 0.1) is 6.61 Å². The lowest BCUT2D eigenvalue weighted by Gasteiger charge is -2.18. The molecule has 1 nitrogen and oxygen atoms in total. The molecule has 0 aromatic heterocycles. The second-order valence-corrected chi connectivity index (χ2v) is 4.02. The molecule has 14 heavy (non-hydrogen) atoms. The molecule has 2 rings (SSSR count). The van der Waals surface area contributed by atoms with Crippen molar-refractivity contribution in [3.8, 4) is 5.75 Å². The van der Waals surface area contributed by atoms with Crippen LogP contribution in [-0.4, -0.2) is 12.0 Å². The summed E-state index contributed by atoms with van der Waals surface area (Å²) in [4.78, 5) is 0. The monoisotopic (exact) mass is 206 g/mol. The molecule has 1 aliphatic rings. The Kier molecular flexibility index (Phi) is 2.82. The number of ether oxygens (including phenoxy) is 1. The maximum absolute atomic E-state index is 5.56. The van der Waals surface area contributed by atoms with Crippen LogP contribution in [0.25, 0.3) is 0 Å². The van der Waals surface area contributed by atoms with Crippen molar-refractivity contribution in [2.24, 2.45) is 0 Å². The zero-order valence-corrected chi connectivity index (χ0v) is 9.14. The lowest BCUT2D eigenvalue weighted by molar-refractivity contribution is 0.288. The number of fused-ring (bicyclic) bond motifs is 1. The Labute approximate surface area is 90.1 Å². The van der Waals surface area contributed by atoms with Crippen molar-refractivity contribution in [2.75, 3.05) is 6.61 Å². The Morgan fingerprint density at radius 3 is 3.14 bits per heavy atom. The smallest absolute Gasteiger partial charge is 0.122 e. The van der Waals surface area contributed by atoms with Gasteiger partial charge in [-0.05, 0) is 35.4 Å². The van der Waals surface area contributed by atoms with Gasteiger partial charge in [0, 0.05) is 5.92 Å². The molecule has 1 aliphatic heterocycles. The minimum Gasteiger partial charge on any atom is -0.493 e. The summed E-state index contributed by atoms with van der Waals surface area (Å²) >= 11 is 4.96. The number of hydrogen-bond acceptors (Lipinski definition) is 2. The molecule has 0 radical (unpaired) electrons. The Morgan fingerprint density at radius 2 is 2.36 bits per heavy atom. The molecular formula is C12H14OS. The quantitative estimate of drug-likeness (QED) is 0.688. The number of aryl methyl sites for hydroxylation is 1. The fourth-order valence-electron chi connectivity index (χ4n) is 1.74. The highest BCUT2D eigenvalue weighted by Crippen LogP contribution is 2.27. The molecule has 0 amide bonds. The van der Waals surface area contributed by atoms with Gasteiger partial charge in [0.1, 0.15) is 5.75 Å². The van der Waals surface area contributed by atoms with Crippen LogP contribution in [0.5, 0.6) is 5.75 Å². The van der Waals surface area contributed by atoms with E-state index in [0.29, 0.717) is 5.92 Å². The van der Waals surface area contributed by atoms with Crippen molar-refractivity contribution in [1.82, 2.24) is 0 Å². The van der Waals surface area contributed by atoms with E-state index in [1.165, 1.54) is 11.1 Å². The zero-order valence-electron chi connectivity index (χ0n) is 8.32. The molecule has 0 bridgehead atoms. The van der Waals surface area contributed by atoms with Gasteiger partial charge in [-0.1, -0.05) is 31.3 Å². The van der Waals surface area contributed by atoms with Crippen molar-refractivity contribution >= 4 is 17.6 Å². The maximum Gasteiger partial charge on any atom is 0.122 e. The largest absolute Gasteiger partial charge is 0.493 e. The van der Waals surface area contributed by atoms with Crippen LogP contribution in [0, 0.1) is 0 Å². The van der Waals surface area contributed by atoms with Crippen molar-refractivity contribution in [3.05, 3.63) is 29.3 Å². The molecule has 1 heterocycles. The topological polar surface area (TPSA) is 9.23 Å². The van der Waals surface area contributed by atoms with Crippen LogP contribution in [0.4, 0.5) is 0 Å². The molecule has 0 fully saturated rings. The van der Waals surface area contributed by atoms with E-state index in [0.717, 1.165) is 25.2 Å². The highest BCUT2D eigenvalue weighted by molar-refractivity contribution is 7.79. The lowest BCUT2D eigenvalue weighted by atomic mass is 9.97. The number of benzene rings is 1. The predicted molar refractivity (Wildman–Crippen MR) is 62.3 cm³/mol. The SMILES string of the molecule is CC(C=S)c1ccc2c(c1)CCCO2. The van der Waals surface area contributed by atoms with E-state index in [1.807, 2.05) is 5.37 Å². The van der Waals surface area contributed by atoms with E-state index in [2.05, 4.69) is 25.1 Å². The van der Waals surface area contributed by atoms with E-state index < -0.39 is 0 Å². The highest BCUT2D eigenvalue weighted by Gasteiger charge is 2.11. The average molecular weight is 206 g/mol. The van der Waals surface area contributed by atoms with Crippen molar-refractivity contribution in [2.45, 2.75) is 25.7 Å². The summed E-state index contributed by atoms with van der Waals surface area (Å²) in [5, 5.41) is 1.81. The van der Waals surface area contributed by atoms with Crippen LogP contribution in [-0.2, 0) is 6.42 Å². The van der Waals surface area contributed by atoms with E-state index in [-0.39, 0.29) is 0 Å². The summed E-state index contributed by atoms with van der Waals surface area (Å²) in [6.07, 6.45) is 2.26. The van der Waals surface area contributed by atoms with Gasteiger partial charge < -0.3 is 4.74 Å². The van der Waals surface area contributed by atoms with E-state index in [9.17, 15) is 0 Å². The van der Waals surface area contributed by atoms with Crippen LogP contribution in [0.15, 0.2) is 18.2 Å². The molecule has 1 aromatic carbocycles. The Morgan fingerprint density at radius 1 is 1.50 bits per heavy atom. The van der Waals surface area contributed by atoms with Gasteiger partial charge >= 0.3 is 0 Å². The fourth-order valence-corrected chi connectivity index (χ4v) is 1.90. The lowest BCUT2D eigenvalue weighted by Crippen LogP contribution is -2.09. The van der Waals surface area contributed by atoms with Gasteiger partial charge in [-0.25, -0.2) is 0 Å². The third-order valence-electron chi connectivity index (χ3n) is 2.66. The molecule has 1 unspecified atom stereocenters. The Bertz CT molecular complexity index is 346. The minimum atomic E-state index is 0.359. The first-order chi connectivity index (χ1) is 6.81. The van der Waals surface area contributed by atoms with E-state index >= 15 is 0 Å². The molecule has 1 atom stereocenters. The van der Waals surface area contributed by atoms with Gasteiger partial charge in [0.25, 0.3) is 0 Å². The summed E-state index contributed by atoms with van der Waals surface area (Å²) in [6, 6.07) is 6.40. The number of hydrogen-bond donors (Lipinski definition) is 0. The normalized spacial score (nSPS) is 16.6. The molecule has 0 N–H and O–H groups in total. The first-order valence-electron chi connectivity index (χ1n) is 5.02.